The number of hydrogen-bond acceptors (Lipinski definition) is 5. The highest BCUT2D eigenvalue weighted by atomic mass is 35.5. The van der Waals surface area contributed by atoms with Crippen LogP contribution in [0, 0.1) is 0 Å². The quantitative estimate of drug-likeness (QED) is 0.351. The molecule has 3 rings (SSSR count). The average Bonchev–Trinajstić information content (AvgIpc) is 3.24. The van der Waals surface area contributed by atoms with Crippen molar-refractivity contribution in [3.05, 3.63) is 91.3 Å². The zero-order chi connectivity index (χ0) is 22.4. The fourth-order valence-corrected chi connectivity index (χ4v) is 2.97. The molecule has 0 saturated heterocycles. The molecule has 1 heterocycles. The first-order valence-electron chi connectivity index (χ1n) is 8.51. The molecule has 0 aliphatic rings. The van der Waals surface area contributed by atoms with Gasteiger partial charge in [-0.25, -0.2) is 10.9 Å². The molecule has 0 aliphatic carbocycles. The first-order valence-corrected chi connectivity index (χ1v) is 10.0. The Bertz CT molecular complexity index is 1100. The van der Waals surface area contributed by atoms with Crippen LogP contribution in [0.25, 0.3) is 0 Å². The van der Waals surface area contributed by atoms with Crippen LogP contribution < -0.4 is 10.9 Å². The molecule has 0 radical (unpaired) electrons. The third kappa shape index (κ3) is 5.86. The van der Waals surface area contributed by atoms with E-state index in [1.165, 1.54) is 24.6 Å². The van der Waals surface area contributed by atoms with Crippen molar-refractivity contribution in [3.8, 4) is 0 Å². The lowest BCUT2D eigenvalue weighted by Crippen LogP contribution is -2.18. The van der Waals surface area contributed by atoms with Gasteiger partial charge in [-0.15, -0.1) is 0 Å². The lowest BCUT2D eigenvalue weighted by atomic mass is 10.2. The maximum Gasteiger partial charge on any atom is 0.307 e. The summed E-state index contributed by atoms with van der Waals surface area (Å²) in [7, 11) is 0. The van der Waals surface area contributed by atoms with Crippen molar-refractivity contribution in [2.24, 2.45) is 10.2 Å². The predicted molar refractivity (Wildman–Crippen MR) is 122 cm³/mol. The van der Waals surface area contributed by atoms with Gasteiger partial charge < -0.3 is 4.42 Å². The van der Waals surface area contributed by atoms with Crippen LogP contribution in [-0.2, 0) is 0 Å². The topological polar surface area (TPSA) is 96.1 Å². The molecule has 2 amide bonds. The number of rotatable bonds is 6. The van der Waals surface area contributed by atoms with Gasteiger partial charge in [0.05, 0.1) is 32.5 Å². The van der Waals surface area contributed by atoms with Crippen molar-refractivity contribution in [2.75, 3.05) is 0 Å². The molecule has 7 nitrogen and oxygen atoms in total. The van der Waals surface area contributed by atoms with Crippen molar-refractivity contribution < 1.29 is 14.0 Å². The van der Waals surface area contributed by atoms with Gasteiger partial charge in [0.15, 0.2) is 11.5 Å². The third-order valence-electron chi connectivity index (χ3n) is 3.76. The molecular weight excluding hydrogens is 486 g/mol. The molecule has 31 heavy (non-hydrogen) atoms. The number of benzene rings is 2. The van der Waals surface area contributed by atoms with Crippen LogP contribution in [-0.4, -0.2) is 24.2 Å². The number of carbonyl (C=O) groups is 2. The smallest absolute Gasteiger partial charge is 0.307 e. The van der Waals surface area contributed by atoms with Gasteiger partial charge in [-0.3, -0.25) is 9.59 Å². The number of amides is 2. The van der Waals surface area contributed by atoms with Gasteiger partial charge in [-0.05, 0) is 24.3 Å². The van der Waals surface area contributed by atoms with E-state index in [2.05, 4.69) is 21.1 Å². The summed E-state index contributed by atoms with van der Waals surface area (Å²) in [6, 6.07) is 12.6. The minimum Gasteiger partial charge on any atom is -0.446 e. The number of carbonyl (C=O) groups excluding carboxylic acids is 2. The van der Waals surface area contributed by atoms with Gasteiger partial charge in [-0.2, -0.15) is 10.2 Å². The lowest BCUT2D eigenvalue weighted by molar-refractivity contribution is 0.0902. The van der Waals surface area contributed by atoms with Crippen LogP contribution in [0.2, 0.25) is 20.1 Å². The lowest BCUT2D eigenvalue weighted by Gasteiger charge is -2.00. The van der Waals surface area contributed by atoms with Gasteiger partial charge in [0.2, 0.25) is 0 Å². The number of hydrazone groups is 2. The Labute approximate surface area is 196 Å². The number of furan rings is 1. The summed E-state index contributed by atoms with van der Waals surface area (Å²) in [6.07, 6.45) is 2.66. The second-order valence-electron chi connectivity index (χ2n) is 5.85. The summed E-state index contributed by atoms with van der Waals surface area (Å²) in [6.45, 7) is 0. The molecule has 0 aliphatic heterocycles. The Kier molecular flexibility index (Phi) is 7.70. The molecule has 158 valence electrons. The summed E-state index contributed by atoms with van der Waals surface area (Å²) in [5.74, 6) is -1.58. The van der Waals surface area contributed by atoms with Crippen LogP contribution in [0.15, 0.2) is 63.2 Å². The fraction of sp³-hybridized carbons (Fsp3) is 0. The minimum atomic E-state index is -0.664. The maximum absolute atomic E-state index is 12.1. The summed E-state index contributed by atoms with van der Waals surface area (Å²) >= 11 is 23.9. The molecule has 2 aromatic carbocycles. The Morgan fingerprint density at radius 3 is 1.55 bits per heavy atom. The van der Waals surface area contributed by atoms with Crippen LogP contribution in [0.4, 0.5) is 0 Å². The number of nitrogens with zero attached hydrogens (tertiary/aromatic N) is 2. The Morgan fingerprint density at radius 2 is 1.13 bits per heavy atom. The van der Waals surface area contributed by atoms with E-state index in [1.54, 1.807) is 36.4 Å². The highest BCUT2D eigenvalue weighted by Crippen LogP contribution is 2.25. The zero-order valence-corrected chi connectivity index (χ0v) is 18.4. The van der Waals surface area contributed by atoms with E-state index in [0.29, 0.717) is 31.2 Å². The summed E-state index contributed by atoms with van der Waals surface area (Å²) in [4.78, 5) is 24.2. The Hall–Kier alpha value is -2.84. The zero-order valence-electron chi connectivity index (χ0n) is 15.4. The summed E-state index contributed by atoms with van der Waals surface area (Å²) < 4.78 is 5.23. The molecular formula is C20H12Cl4N4O3. The molecule has 2 N–H and O–H groups in total. The van der Waals surface area contributed by atoms with Gasteiger partial charge in [0.1, 0.15) is 0 Å². The highest BCUT2D eigenvalue weighted by Gasteiger charge is 2.15. The van der Waals surface area contributed by atoms with E-state index in [9.17, 15) is 9.59 Å². The van der Waals surface area contributed by atoms with Gasteiger partial charge in [-0.1, -0.05) is 70.7 Å². The highest BCUT2D eigenvalue weighted by molar-refractivity contribution is 6.44. The van der Waals surface area contributed by atoms with Gasteiger partial charge in [0.25, 0.3) is 0 Å². The second-order valence-corrected chi connectivity index (χ2v) is 7.42. The van der Waals surface area contributed by atoms with Crippen molar-refractivity contribution in [1.82, 2.24) is 10.9 Å². The molecule has 1 aromatic heterocycles. The van der Waals surface area contributed by atoms with Crippen LogP contribution in [0.3, 0.4) is 0 Å². The first-order chi connectivity index (χ1) is 14.9. The number of nitrogens with one attached hydrogen (secondary N) is 2. The number of halogens is 4. The molecule has 3 aromatic rings. The number of hydrogen-bond donors (Lipinski definition) is 2. The average molecular weight is 498 g/mol. The van der Waals surface area contributed by atoms with E-state index >= 15 is 0 Å². The maximum atomic E-state index is 12.1. The fourth-order valence-electron chi connectivity index (χ4n) is 2.25. The second kappa shape index (κ2) is 10.5. The largest absolute Gasteiger partial charge is 0.446 e. The molecule has 11 heteroatoms. The van der Waals surface area contributed by atoms with Crippen molar-refractivity contribution in [2.45, 2.75) is 0 Å². The summed E-state index contributed by atoms with van der Waals surface area (Å²) in [5, 5.41) is 8.92. The van der Waals surface area contributed by atoms with Gasteiger partial charge in [0, 0.05) is 11.1 Å². The van der Waals surface area contributed by atoms with Crippen LogP contribution in [0.1, 0.15) is 32.2 Å². The normalized spacial score (nSPS) is 11.2. The van der Waals surface area contributed by atoms with Crippen molar-refractivity contribution in [3.63, 3.8) is 0 Å². The van der Waals surface area contributed by atoms with E-state index in [1.807, 2.05) is 0 Å². The van der Waals surface area contributed by atoms with Crippen molar-refractivity contribution in [1.29, 1.82) is 0 Å². The molecule has 0 unspecified atom stereocenters. The van der Waals surface area contributed by atoms with Gasteiger partial charge >= 0.3 is 11.8 Å². The molecule has 0 spiro atoms. The third-order valence-corrected chi connectivity index (χ3v) is 5.42. The monoisotopic (exact) mass is 496 g/mol. The minimum absolute atomic E-state index is 0.124. The summed E-state index contributed by atoms with van der Waals surface area (Å²) in [5.41, 5.74) is 5.58. The van der Waals surface area contributed by atoms with E-state index < -0.39 is 11.8 Å². The molecule has 0 bridgehead atoms. The standard InChI is InChI=1S/C20H12Cl4N4O3/c21-13-5-1-3-11(17(13)23)9-25-27-19(29)15-7-8-16(31-15)20(30)28-26-10-12-4-2-6-14(22)18(12)24/h1-10H,(H,27,29)(H,28,30)/b25-9+,26-10+. The van der Waals surface area contributed by atoms with Crippen molar-refractivity contribution >= 4 is 70.6 Å². The Balaban J connectivity index is 1.58. The predicted octanol–water partition coefficient (Wildman–Crippen LogP) is 5.42. The molecule has 0 saturated carbocycles. The SMILES string of the molecule is O=C(N/N=C/c1cccc(Cl)c1Cl)c1ccc(C(=O)N/N=C/c2cccc(Cl)c2Cl)o1. The molecule has 0 atom stereocenters. The Morgan fingerprint density at radius 1 is 0.710 bits per heavy atom. The van der Waals surface area contributed by atoms with E-state index in [0.717, 1.165) is 0 Å². The van der Waals surface area contributed by atoms with E-state index in [4.69, 9.17) is 50.8 Å². The van der Waals surface area contributed by atoms with E-state index in [-0.39, 0.29) is 11.5 Å². The molecule has 0 fully saturated rings. The first kappa shape index (κ1) is 22.8. The van der Waals surface area contributed by atoms with Crippen LogP contribution >= 0.6 is 46.4 Å². The van der Waals surface area contributed by atoms with Crippen LogP contribution in [0.5, 0.6) is 0 Å².